The summed E-state index contributed by atoms with van der Waals surface area (Å²) < 4.78 is 5.01. The molecule has 0 heterocycles. The van der Waals surface area contributed by atoms with Crippen molar-refractivity contribution in [2.45, 2.75) is 26.2 Å². The fourth-order valence-electron chi connectivity index (χ4n) is 2.45. The van der Waals surface area contributed by atoms with Gasteiger partial charge in [-0.2, -0.15) is 0 Å². The molecule has 0 aliphatic heterocycles. The summed E-state index contributed by atoms with van der Waals surface area (Å²) in [6, 6.07) is 13.9. The highest BCUT2D eigenvalue weighted by atomic mass is 35.5. The van der Waals surface area contributed by atoms with E-state index >= 15 is 0 Å². The van der Waals surface area contributed by atoms with E-state index in [0.29, 0.717) is 22.8 Å². The Balaban J connectivity index is 2.01. The molecular weight excluding hydrogens is 352 g/mol. The standard InChI is InChI=1S/C20H23ClN2O3/c1-4-26-18(24)16-7-5-6-8-17(16)23-19(25)22-13-20(2,3)14-9-11-15(21)12-10-14/h5-12H,4,13H2,1-3H3,(H2,22,23,25). The summed E-state index contributed by atoms with van der Waals surface area (Å²) in [5.74, 6) is -0.468. The van der Waals surface area contributed by atoms with Crippen molar-refractivity contribution in [3.05, 3.63) is 64.7 Å². The van der Waals surface area contributed by atoms with E-state index in [1.165, 1.54) is 0 Å². The van der Waals surface area contributed by atoms with Gasteiger partial charge in [0, 0.05) is 17.0 Å². The average Bonchev–Trinajstić information content (AvgIpc) is 2.61. The molecule has 0 saturated heterocycles. The highest BCUT2D eigenvalue weighted by molar-refractivity contribution is 6.30. The molecule has 0 spiro atoms. The number of halogens is 1. The average molecular weight is 375 g/mol. The first kappa shape index (κ1) is 19.8. The SMILES string of the molecule is CCOC(=O)c1ccccc1NC(=O)NCC(C)(C)c1ccc(Cl)cc1. The monoisotopic (exact) mass is 374 g/mol. The number of amides is 2. The fourth-order valence-corrected chi connectivity index (χ4v) is 2.58. The summed E-state index contributed by atoms with van der Waals surface area (Å²) in [5, 5.41) is 6.23. The van der Waals surface area contributed by atoms with Gasteiger partial charge in [0.1, 0.15) is 0 Å². The predicted molar refractivity (Wildman–Crippen MR) is 104 cm³/mol. The van der Waals surface area contributed by atoms with Crippen molar-refractivity contribution in [3.63, 3.8) is 0 Å². The van der Waals surface area contributed by atoms with Crippen molar-refractivity contribution < 1.29 is 14.3 Å². The van der Waals surface area contributed by atoms with Crippen LogP contribution in [0.15, 0.2) is 48.5 Å². The zero-order chi connectivity index (χ0) is 19.2. The van der Waals surface area contributed by atoms with Gasteiger partial charge in [-0.1, -0.05) is 49.7 Å². The Morgan fingerprint density at radius 3 is 2.38 bits per heavy atom. The molecule has 2 N–H and O–H groups in total. The maximum Gasteiger partial charge on any atom is 0.340 e. The third kappa shape index (κ3) is 5.23. The molecule has 0 fully saturated rings. The highest BCUT2D eigenvalue weighted by Gasteiger charge is 2.22. The summed E-state index contributed by atoms with van der Waals surface area (Å²) in [4.78, 5) is 24.3. The fraction of sp³-hybridized carbons (Fsp3) is 0.300. The van der Waals surface area contributed by atoms with Gasteiger partial charge in [-0.15, -0.1) is 0 Å². The predicted octanol–water partition coefficient (Wildman–Crippen LogP) is 4.62. The Morgan fingerprint density at radius 1 is 1.08 bits per heavy atom. The molecule has 2 aromatic rings. The van der Waals surface area contributed by atoms with Crippen LogP contribution in [0, 0.1) is 0 Å². The van der Waals surface area contributed by atoms with Crippen LogP contribution in [-0.2, 0) is 10.2 Å². The second-order valence-corrected chi connectivity index (χ2v) is 6.90. The van der Waals surface area contributed by atoms with Gasteiger partial charge >= 0.3 is 12.0 Å². The maximum absolute atomic E-state index is 12.3. The van der Waals surface area contributed by atoms with Crippen molar-refractivity contribution in [2.75, 3.05) is 18.5 Å². The first-order chi connectivity index (χ1) is 12.3. The Kier molecular flexibility index (Phi) is 6.64. The van der Waals surface area contributed by atoms with Crippen LogP contribution in [0.5, 0.6) is 0 Å². The van der Waals surface area contributed by atoms with Crippen LogP contribution in [0.25, 0.3) is 0 Å². The number of nitrogens with one attached hydrogen (secondary N) is 2. The van der Waals surface area contributed by atoms with E-state index in [0.717, 1.165) is 5.56 Å². The van der Waals surface area contributed by atoms with Crippen molar-refractivity contribution in [2.24, 2.45) is 0 Å². The lowest BCUT2D eigenvalue weighted by molar-refractivity contribution is 0.0527. The Morgan fingerprint density at radius 2 is 1.73 bits per heavy atom. The van der Waals surface area contributed by atoms with E-state index in [1.807, 2.05) is 38.1 Å². The molecule has 0 aliphatic rings. The normalized spacial score (nSPS) is 10.9. The minimum Gasteiger partial charge on any atom is -0.462 e. The van der Waals surface area contributed by atoms with Gasteiger partial charge in [-0.05, 0) is 36.8 Å². The molecule has 0 radical (unpaired) electrons. The molecule has 0 bridgehead atoms. The zero-order valence-electron chi connectivity index (χ0n) is 15.1. The summed E-state index contributed by atoms with van der Waals surface area (Å²) in [6.45, 7) is 6.49. The number of esters is 1. The molecule has 5 nitrogen and oxygen atoms in total. The van der Waals surface area contributed by atoms with Crippen LogP contribution in [0.4, 0.5) is 10.5 Å². The van der Waals surface area contributed by atoms with Crippen LogP contribution in [-0.4, -0.2) is 25.2 Å². The van der Waals surface area contributed by atoms with Gasteiger partial charge in [0.25, 0.3) is 0 Å². The molecule has 2 amide bonds. The first-order valence-electron chi connectivity index (χ1n) is 8.40. The Hall–Kier alpha value is -2.53. The van der Waals surface area contributed by atoms with Crippen molar-refractivity contribution >= 4 is 29.3 Å². The maximum atomic E-state index is 12.3. The minimum atomic E-state index is -0.468. The van der Waals surface area contributed by atoms with Crippen molar-refractivity contribution in [1.29, 1.82) is 0 Å². The first-order valence-corrected chi connectivity index (χ1v) is 8.78. The Bertz CT molecular complexity index is 773. The van der Waals surface area contributed by atoms with E-state index in [9.17, 15) is 9.59 Å². The number of anilines is 1. The van der Waals surface area contributed by atoms with Gasteiger partial charge in [0.05, 0.1) is 17.9 Å². The molecule has 0 unspecified atom stereocenters. The molecule has 0 saturated carbocycles. The highest BCUT2D eigenvalue weighted by Crippen LogP contribution is 2.24. The van der Waals surface area contributed by atoms with Gasteiger partial charge in [-0.25, -0.2) is 9.59 Å². The van der Waals surface area contributed by atoms with E-state index in [4.69, 9.17) is 16.3 Å². The number of carbonyl (C=O) groups excluding carboxylic acids is 2. The molecule has 2 aromatic carbocycles. The van der Waals surface area contributed by atoms with E-state index < -0.39 is 5.97 Å². The lowest BCUT2D eigenvalue weighted by Gasteiger charge is -2.26. The molecule has 6 heteroatoms. The molecule has 0 aromatic heterocycles. The number of para-hydroxylation sites is 1. The quantitative estimate of drug-likeness (QED) is 0.725. The second kappa shape index (κ2) is 8.72. The van der Waals surface area contributed by atoms with Gasteiger partial charge < -0.3 is 15.4 Å². The summed E-state index contributed by atoms with van der Waals surface area (Å²) in [5.41, 5.74) is 1.52. The molecule has 0 atom stereocenters. The molecule has 138 valence electrons. The van der Waals surface area contributed by atoms with E-state index in [1.54, 1.807) is 31.2 Å². The third-order valence-corrected chi connectivity index (χ3v) is 4.24. The van der Waals surface area contributed by atoms with Crippen LogP contribution in [0.1, 0.15) is 36.7 Å². The van der Waals surface area contributed by atoms with Crippen LogP contribution in [0.2, 0.25) is 5.02 Å². The van der Waals surface area contributed by atoms with Crippen molar-refractivity contribution in [1.82, 2.24) is 5.32 Å². The number of urea groups is 1. The molecule has 26 heavy (non-hydrogen) atoms. The number of rotatable bonds is 6. The van der Waals surface area contributed by atoms with Crippen LogP contribution >= 0.6 is 11.6 Å². The summed E-state index contributed by atoms with van der Waals surface area (Å²) >= 11 is 5.92. The third-order valence-electron chi connectivity index (χ3n) is 3.99. The van der Waals surface area contributed by atoms with Gasteiger partial charge in [0.15, 0.2) is 0 Å². The van der Waals surface area contributed by atoms with Crippen molar-refractivity contribution in [3.8, 4) is 0 Å². The van der Waals surface area contributed by atoms with E-state index in [-0.39, 0.29) is 18.1 Å². The summed E-state index contributed by atoms with van der Waals surface area (Å²) in [7, 11) is 0. The van der Waals surface area contributed by atoms with Crippen LogP contribution < -0.4 is 10.6 Å². The number of benzene rings is 2. The lowest BCUT2D eigenvalue weighted by Crippen LogP contribution is -2.39. The van der Waals surface area contributed by atoms with Crippen LogP contribution in [0.3, 0.4) is 0 Å². The smallest absolute Gasteiger partial charge is 0.340 e. The molecular formula is C20H23ClN2O3. The topological polar surface area (TPSA) is 67.4 Å². The number of hydrogen-bond acceptors (Lipinski definition) is 3. The van der Waals surface area contributed by atoms with E-state index in [2.05, 4.69) is 10.6 Å². The number of hydrogen-bond donors (Lipinski definition) is 2. The lowest BCUT2D eigenvalue weighted by atomic mass is 9.85. The minimum absolute atomic E-state index is 0.272. The van der Waals surface area contributed by atoms with Gasteiger partial charge in [0.2, 0.25) is 0 Å². The number of ether oxygens (including phenoxy) is 1. The zero-order valence-corrected chi connectivity index (χ0v) is 15.9. The second-order valence-electron chi connectivity index (χ2n) is 6.46. The molecule has 2 rings (SSSR count). The number of carbonyl (C=O) groups is 2. The van der Waals surface area contributed by atoms with Gasteiger partial charge in [-0.3, -0.25) is 0 Å². The molecule has 0 aliphatic carbocycles. The Labute approximate surface area is 158 Å². The summed E-state index contributed by atoms with van der Waals surface area (Å²) in [6.07, 6.45) is 0. The largest absolute Gasteiger partial charge is 0.462 e.